The molecule has 3 amide bonds. The van der Waals surface area contributed by atoms with Crippen LogP contribution in [0.25, 0.3) is 10.2 Å². The summed E-state index contributed by atoms with van der Waals surface area (Å²) in [5.74, 6) is -5.00. The van der Waals surface area contributed by atoms with E-state index in [4.69, 9.17) is 0 Å². The van der Waals surface area contributed by atoms with Crippen molar-refractivity contribution in [3.05, 3.63) is 88.9 Å². The van der Waals surface area contributed by atoms with Gasteiger partial charge in [0.25, 0.3) is 10.0 Å². The number of hydrogen-bond donors (Lipinski definition) is 2. The lowest BCUT2D eigenvalue weighted by Crippen LogP contribution is -2.52. The Morgan fingerprint density at radius 1 is 0.974 bits per heavy atom. The summed E-state index contributed by atoms with van der Waals surface area (Å²) in [6.07, 6.45) is -0.432. The molecule has 1 atom stereocenters. The van der Waals surface area contributed by atoms with Crippen LogP contribution in [0.1, 0.15) is 5.56 Å². The number of anilines is 1. The second-order valence-electron chi connectivity index (χ2n) is 8.09. The number of hydrogen-bond acceptors (Lipinski definition) is 6. The lowest BCUT2D eigenvalue weighted by Gasteiger charge is -2.25. The lowest BCUT2D eigenvalue weighted by molar-refractivity contribution is -0.120. The minimum atomic E-state index is -4.89. The smallest absolute Gasteiger partial charge is 0.325 e. The predicted octanol–water partition coefficient (Wildman–Crippen LogP) is 4.11. The molecule has 198 valence electrons. The summed E-state index contributed by atoms with van der Waals surface area (Å²) in [7, 11) is -3.51. The van der Waals surface area contributed by atoms with Gasteiger partial charge in [-0.1, -0.05) is 0 Å². The van der Waals surface area contributed by atoms with E-state index in [0.717, 1.165) is 21.7 Å². The van der Waals surface area contributed by atoms with Crippen molar-refractivity contribution in [2.75, 3.05) is 11.9 Å². The Balaban J connectivity index is 1.61. The van der Waals surface area contributed by atoms with Crippen molar-refractivity contribution in [2.24, 2.45) is 0 Å². The van der Waals surface area contributed by atoms with Crippen molar-refractivity contribution in [3.8, 4) is 0 Å². The zero-order chi connectivity index (χ0) is 27.6. The number of rotatable bonds is 7. The summed E-state index contributed by atoms with van der Waals surface area (Å²) in [6, 6.07) is 6.14. The average Bonchev–Trinajstić information content (AvgIpc) is 3.31. The Morgan fingerprint density at radius 3 is 2.39 bits per heavy atom. The van der Waals surface area contributed by atoms with E-state index in [2.05, 4.69) is 10.3 Å². The van der Waals surface area contributed by atoms with Crippen LogP contribution in [0.4, 0.5) is 28.0 Å². The maximum absolute atomic E-state index is 14.0. The van der Waals surface area contributed by atoms with Crippen LogP contribution < -0.4 is 14.9 Å². The number of amides is 3. The minimum absolute atomic E-state index is 0.0106. The second kappa shape index (κ2) is 10.8. The first-order valence-corrected chi connectivity index (χ1v) is 13.1. The largest absolute Gasteiger partial charge is 0.329 e. The molecule has 3 aromatic carbocycles. The fourth-order valence-corrected chi connectivity index (χ4v) is 5.29. The monoisotopic (exact) mass is 566 g/mol. The van der Waals surface area contributed by atoms with E-state index >= 15 is 0 Å². The predicted molar refractivity (Wildman–Crippen MR) is 132 cm³/mol. The van der Waals surface area contributed by atoms with Crippen LogP contribution in [-0.2, 0) is 21.2 Å². The molecule has 0 saturated heterocycles. The topological polar surface area (TPSA) is 108 Å². The van der Waals surface area contributed by atoms with E-state index in [1.54, 1.807) is 23.7 Å². The van der Waals surface area contributed by atoms with Crippen molar-refractivity contribution >= 4 is 49.2 Å². The Hall–Kier alpha value is -4.04. The van der Waals surface area contributed by atoms with Gasteiger partial charge in [-0.25, -0.2) is 40.5 Å². The highest BCUT2D eigenvalue weighted by molar-refractivity contribution is 7.90. The molecule has 0 aliphatic carbocycles. The number of likely N-dealkylation sites (N-methyl/N-ethyl adjacent to an activating group) is 1. The van der Waals surface area contributed by atoms with Crippen LogP contribution in [0.3, 0.4) is 0 Å². The molecule has 8 nitrogen and oxygen atoms in total. The van der Waals surface area contributed by atoms with Gasteiger partial charge < -0.3 is 10.2 Å². The molecular weight excluding hydrogens is 548 g/mol. The van der Waals surface area contributed by atoms with Crippen LogP contribution >= 0.6 is 11.3 Å². The molecule has 0 aliphatic heterocycles. The standard InChI is InChI=1S/C24H18F4N4O4S2/c1-32(17-3-5-21-19(11-17)29-12-37-21)23(33)20(8-13-6-15(26)9-16(27)7-13)30-24(34)31-38(35,36)22-10-14(25)2-4-18(22)28/h2-7,9-12,20H,8H2,1H3,(H2,30,31,34). The van der Waals surface area contributed by atoms with Crippen molar-refractivity contribution in [3.63, 3.8) is 0 Å². The minimum Gasteiger partial charge on any atom is -0.325 e. The molecule has 4 rings (SSSR count). The number of benzene rings is 3. The Kier molecular flexibility index (Phi) is 7.64. The molecule has 1 heterocycles. The highest BCUT2D eigenvalue weighted by Gasteiger charge is 2.29. The Labute approximate surface area is 218 Å². The van der Waals surface area contributed by atoms with Gasteiger partial charge in [0.1, 0.15) is 34.2 Å². The average molecular weight is 567 g/mol. The van der Waals surface area contributed by atoms with Gasteiger partial charge in [-0.15, -0.1) is 11.3 Å². The number of carbonyl (C=O) groups excluding carboxylic acids is 2. The van der Waals surface area contributed by atoms with Gasteiger partial charge in [-0.2, -0.15) is 0 Å². The first-order valence-electron chi connectivity index (χ1n) is 10.8. The third kappa shape index (κ3) is 6.08. The van der Waals surface area contributed by atoms with E-state index in [1.807, 2.05) is 0 Å². The second-order valence-corrected chi connectivity index (χ2v) is 10.6. The molecule has 1 aromatic heterocycles. The van der Waals surface area contributed by atoms with Gasteiger partial charge in [0.2, 0.25) is 5.91 Å². The lowest BCUT2D eigenvalue weighted by atomic mass is 10.0. The van der Waals surface area contributed by atoms with Gasteiger partial charge >= 0.3 is 6.03 Å². The number of nitrogens with zero attached hydrogens (tertiary/aromatic N) is 2. The van der Waals surface area contributed by atoms with Gasteiger partial charge in [0.05, 0.1) is 15.7 Å². The zero-order valence-corrected chi connectivity index (χ0v) is 21.0. The Morgan fingerprint density at radius 2 is 1.68 bits per heavy atom. The Bertz CT molecular complexity index is 1630. The van der Waals surface area contributed by atoms with Gasteiger partial charge in [0.15, 0.2) is 0 Å². The maximum Gasteiger partial charge on any atom is 0.329 e. The molecule has 0 radical (unpaired) electrons. The number of halogens is 4. The number of urea groups is 1. The summed E-state index contributed by atoms with van der Waals surface area (Å²) in [6.45, 7) is 0. The van der Waals surface area contributed by atoms with Crippen molar-refractivity contribution < 1.29 is 35.6 Å². The van der Waals surface area contributed by atoms with Crippen LogP contribution in [0.15, 0.2) is 65.0 Å². The summed E-state index contributed by atoms with van der Waals surface area (Å²) in [4.78, 5) is 30.2. The summed E-state index contributed by atoms with van der Waals surface area (Å²) < 4.78 is 82.4. The summed E-state index contributed by atoms with van der Waals surface area (Å²) in [5.41, 5.74) is 2.58. The quantitative estimate of drug-likeness (QED) is 0.328. The van der Waals surface area contributed by atoms with Crippen molar-refractivity contribution in [2.45, 2.75) is 17.4 Å². The van der Waals surface area contributed by atoms with Gasteiger partial charge in [-0.3, -0.25) is 4.79 Å². The van der Waals surface area contributed by atoms with E-state index in [0.29, 0.717) is 35.5 Å². The molecule has 0 saturated carbocycles. The number of sulfonamides is 1. The number of carbonyl (C=O) groups is 2. The van der Waals surface area contributed by atoms with Gasteiger partial charge in [-0.05, 0) is 54.1 Å². The first-order chi connectivity index (χ1) is 17.9. The van der Waals surface area contributed by atoms with Crippen LogP contribution in [0.5, 0.6) is 0 Å². The number of aromatic nitrogens is 1. The molecule has 2 N–H and O–H groups in total. The SMILES string of the molecule is CN(C(=O)C(Cc1cc(F)cc(F)c1)NC(=O)NS(=O)(=O)c1cc(F)ccc1F)c1ccc2scnc2c1. The normalized spacial score (nSPS) is 12.2. The zero-order valence-electron chi connectivity index (χ0n) is 19.4. The number of nitrogens with one attached hydrogen (secondary N) is 2. The maximum atomic E-state index is 14.0. The van der Waals surface area contributed by atoms with E-state index in [9.17, 15) is 35.6 Å². The highest BCUT2D eigenvalue weighted by atomic mass is 32.2. The number of fused-ring (bicyclic) bond motifs is 1. The molecule has 4 aromatic rings. The molecule has 38 heavy (non-hydrogen) atoms. The van der Waals surface area contributed by atoms with Crippen molar-refractivity contribution in [1.82, 2.24) is 15.0 Å². The fraction of sp³-hybridized carbons (Fsp3) is 0.125. The molecule has 0 fully saturated rings. The number of thiazole rings is 1. The molecule has 0 bridgehead atoms. The van der Waals surface area contributed by atoms with Crippen molar-refractivity contribution in [1.29, 1.82) is 0 Å². The first kappa shape index (κ1) is 27.0. The fourth-order valence-electron chi connectivity index (χ4n) is 3.63. The molecule has 0 spiro atoms. The molecule has 1 unspecified atom stereocenters. The van der Waals surface area contributed by atoms with E-state index in [-0.39, 0.29) is 5.56 Å². The summed E-state index contributed by atoms with van der Waals surface area (Å²) in [5, 5.41) is 2.15. The van der Waals surface area contributed by atoms with Crippen LogP contribution in [-0.4, -0.2) is 38.4 Å². The highest BCUT2D eigenvalue weighted by Crippen LogP contribution is 2.24. The van der Waals surface area contributed by atoms with Crippen LogP contribution in [0, 0.1) is 23.3 Å². The van der Waals surface area contributed by atoms with Gasteiger partial charge in [0, 0.05) is 25.2 Å². The van der Waals surface area contributed by atoms with E-state index in [1.165, 1.54) is 23.1 Å². The summed E-state index contributed by atoms with van der Waals surface area (Å²) >= 11 is 1.38. The van der Waals surface area contributed by atoms with Crippen LogP contribution in [0.2, 0.25) is 0 Å². The molecule has 0 aliphatic rings. The third-order valence-electron chi connectivity index (χ3n) is 5.41. The molecule has 14 heteroatoms. The third-order valence-corrected chi connectivity index (χ3v) is 7.56. The molecular formula is C24H18F4N4O4S2. The van der Waals surface area contributed by atoms with E-state index < -0.39 is 62.6 Å².